The average Bonchev–Trinajstić information content (AvgIpc) is 1.59. The molecule has 0 heterocycles. The molecule has 0 aromatic rings. The first kappa shape index (κ1) is 9.33. The first-order chi connectivity index (χ1) is 4.72. The van der Waals surface area contributed by atoms with Crippen LogP contribution < -0.4 is 0 Å². The maximum atomic E-state index is 11.5. The fourth-order valence-corrected chi connectivity index (χ4v) is 0.692. The van der Waals surface area contributed by atoms with E-state index in [1.807, 2.05) is 0 Å². The van der Waals surface area contributed by atoms with Gasteiger partial charge in [0.25, 0.3) is 6.47 Å². The van der Waals surface area contributed by atoms with Crippen molar-refractivity contribution in [2.24, 2.45) is 5.92 Å². The maximum Gasteiger partial charge on any atom is 0.290 e. The quantitative estimate of drug-likeness (QED) is 0.581. The molecule has 0 aromatic carbocycles. The summed E-state index contributed by atoms with van der Waals surface area (Å²) >= 11 is 0. The third-order valence-electron chi connectivity index (χ3n) is 1.51. The summed E-state index contributed by atoms with van der Waals surface area (Å²) in [5.41, 5.74) is 0. The molecule has 0 spiro atoms. The predicted molar refractivity (Wildman–Crippen MR) is 32.0 cm³/mol. The van der Waals surface area contributed by atoms with Crippen LogP contribution in [-0.4, -0.2) is 18.0 Å². The van der Waals surface area contributed by atoms with Gasteiger partial charge in [-0.2, -0.15) is 0 Å². The van der Waals surface area contributed by atoms with Crippen LogP contribution in [-0.2, 0) is 4.79 Å². The number of rotatable bonds is 1. The topological polar surface area (TPSA) is 37.3 Å². The lowest BCUT2D eigenvalue weighted by molar-refractivity contribution is -0.122. The SMILES string of the molecule is FC(F)C1CCC1.O=CO. The summed E-state index contributed by atoms with van der Waals surface area (Å²) < 4.78 is 23.0. The molecule has 2 nitrogen and oxygen atoms in total. The second-order valence-corrected chi connectivity index (χ2v) is 2.13. The summed E-state index contributed by atoms with van der Waals surface area (Å²) in [5, 5.41) is 6.89. The highest BCUT2D eigenvalue weighted by Crippen LogP contribution is 2.31. The number of hydrogen-bond acceptors (Lipinski definition) is 1. The van der Waals surface area contributed by atoms with E-state index in [0.717, 1.165) is 19.3 Å². The zero-order valence-electron chi connectivity index (χ0n) is 5.46. The van der Waals surface area contributed by atoms with Crippen LogP contribution in [0.5, 0.6) is 0 Å². The van der Waals surface area contributed by atoms with Crippen molar-refractivity contribution in [2.75, 3.05) is 0 Å². The van der Waals surface area contributed by atoms with Crippen LogP contribution in [0.15, 0.2) is 0 Å². The summed E-state index contributed by atoms with van der Waals surface area (Å²) in [6.07, 6.45) is 0.457. The molecule has 1 fully saturated rings. The third-order valence-corrected chi connectivity index (χ3v) is 1.51. The van der Waals surface area contributed by atoms with Gasteiger partial charge in [0.15, 0.2) is 0 Å². The lowest BCUT2D eigenvalue weighted by atomic mass is 9.86. The Balaban J connectivity index is 0.000000236. The molecule has 4 heteroatoms. The van der Waals surface area contributed by atoms with Gasteiger partial charge in [-0.3, -0.25) is 4.79 Å². The van der Waals surface area contributed by atoms with Crippen LogP contribution >= 0.6 is 0 Å². The molecule has 1 N–H and O–H groups in total. The van der Waals surface area contributed by atoms with Gasteiger partial charge >= 0.3 is 0 Å². The molecular weight excluding hydrogens is 142 g/mol. The zero-order valence-corrected chi connectivity index (χ0v) is 5.46. The molecule has 1 saturated carbocycles. The molecule has 0 atom stereocenters. The van der Waals surface area contributed by atoms with E-state index in [0.29, 0.717) is 0 Å². The monoisotopic (exact) mass is 152 g/mol. The van der Waals surface area contributed by atoms with Crippen LogP contribution in [0.25, 0.3) is 0 Å². The minimum Gasteiger partial charge on any atom is -0.483 e. The van der Waals surface area contributed by atoms with Gasteiger partial charge in [0.1, 0.15) is 0 Å². The van der Waals surface area contributed by atoms with E-state index >= 15 is 0 Å². The highest BCUT2D eigenvalue weighted by Gasteiger charge is 2.26. The van der Waals surface area contributed by atoms with Gasteiger partial charge in [-0.05, 0) is 12.8 Å². The van der Waals surface area contributed by atoms with Crippen LogP contribution in [0.2, 0.25) is 0 Å². The molecule has 10 heavy (non-hydrogen) atoms. The molecule has 1 aliphatic carbocycles. The first-order valence-electron chi connectivity index (χ1n) is 3.08. The van der Waals surface area contributed by atoms with Crippen molar-refractivity contribution in [1.82, 2.24) is 0 Å². The molecule has 60 valence electrons. The standard InChI is InChI=1S/C5H8F2.CH2O2/c6-5(7)4-2-1-3-4;2-1-3/h4-5H,1-3H2;1H,(H,2,3). The van der Waals surface area contributed by atoms with E-state index < -0.39 is 6.43 Å². The van der Waals surface area contributed by atoms with Gasteiger partial charge in [-0.25, -0.2) is 8.78 Å². The summed E-state index contributed by atoms with van der Waals surface area (Å²) in [7, 11) is 0. The Morgan fingerprint density at radius 2 is 1.90 bits per heavy atom. The molecule has 0 saturated heterocycles. The van der Waals surface area contributed by atoms with Gasteiger partial charge in [0.2, 0.25) is 6.43 Å². The maximum absolute atomic E-state index is 11.5. The van der Waals surface area contributed by atoms with Gasteiger partial charge in [0, 0.05) is 5.92 Å². The summed E-state index contributed by atoms with van der Waals surface area (Å²) in [4.78, 5) is 8.36. The minimum absolute atomic E-state index is 0.250. The predicted octanol–water partition coefficient (Wildman–Crippen LogP) is 1.75. The minimum atomic E-state index is -2.05. The van der Waals surface area contributed by atoms with Crippen LogP contribution in [0, 0.1) is 5.92 Å². The molecule has 0 amide bonds. The summed E-state index contributed by atoms with van der Waals surface area (Å²) in [6, 6.07) is 0. The second kappa shape index (κ2) is 5.14. The van der Waals surface area contributed by atoms with Crippen LogP contribution in [0.3, 0.4) is 0 Å². The number of hydrogen-bond donors (Lipinski definition) is 1. The van der Waals surface area contributed by atoms with Crippen molar-refractivity contribution >= 4 is 6.47 Å². The Hall–Kier alpha value is -0.670. The number of carbonyl (C=O) groups is 1. The van der Waals surface area contributed by atoms with E-state index in [1.165, 1.54) is 0 Å². The Morgan fingerprint density at radius 3 is 1.90 bits per heavy atom. The number of carboxylic acid groups (broad SMARTS) is 1. The van der Waals surface area contributed by atoms with E-state index in [-0.39, 0.29) is 12.4 Å². The Morgan fingerprint density at radius 1 is 1.50 bits per heavy atom. The molecule has 0 aliphatic heterocycles. The summed E-state index contributed by atoms with van der Waals surface area (Å²) in [5.74, 6) is -0.250. The van der Waals surface area contributed by atoms with Gasteiger partial charge in [-0.1, -0.05) is 6.42 Å². The molecule has 0 unspecified atom stereocenters. The fraction of sp³-hybridized carbons (Fsp3) is 0.833. The lowest BCUT2D eigenvalue weighted by Gasteiger charge is -2.23. The molecule has 0 bridgehead atoms. The van der Waals surface area contributed by atoms with E-state index in [2.05, 4.69) is 0 Å². The smallest absolute Gasteiger partial charge is 0.290 e. The average molecular weight is 152 g/mol. The van der Waals surface area contributed by atoms with Crippen molar-refractivity contribution in [1.29, 1.82) is 0 Å². The van der Waals surface area contributed by atoms with Gasteiger partial charge in [-0.15, -0.1) is 0 Å². The first-order valence-corrected chi connectivity index (χ1v) is 3.08. The van der Waals surface area contributed by atoms with Crippen molar-refractivity contribution < 1.29 is 18.7 Å². The van der Waals surface area contributed by atoms with Crippen LogP contribution in [0.1, 0.15) is 19.3 Å². The van der Waals surface area contributed by atoms with E-state index in [1.54, 1.807) is 0 Å². The third kappa shape index (κ3) is 3.37. The van der Waals surface area contributed by atoms with Crippen molar-refractivity contribution in [3.63, 3.8) is 0 Å². The zero-order chi connectivity index (χ0) is 7.98. The highest BCUT2D eigenvalue weighted by atomic mass is 19.3. The molecule has 1 rings (SSSR count). The molecule has 0 aromatic heterocycles. The van der Waals surface area contributed by atoms with Crippen molar-refractivity contribution in [3.05, 3.63) is 0 Å². The van der Waals surface area contributed by atoms with E-state index in [4.69, 9.17) is 9.90 Å². The molecule has 1 aliphatic rings. The van der Waals surface area contributed by atoms with Crippen molar-refractivity contribution in [2.45, 2.75) is 25.7 Å². The summed E-state index contributed by atoms with van der Waals surface area (Å²) in [6.45, 7) is -0.250. The Bertz CT molecular complexity index is 91.7. The molecule has 0 radical (unpaired) electrons. The molecular formula is C6H10F2O2. The van der Waals surface area contributed by atoms with Crippen molar-refractivity contribution in [3.8, 4) is 0 Å². The van der Waals surface area contributed by atoms with E-state index in [9.17, 15) is 8.78 Å². The normalized spacial score (nSPS) is 17.1. The second-order valence-electron chi connectivity index (χ2n) is 2.13. The van der Waals surface area contributed by atoms with Crippen LogP contribution in [0.4, 0.5) is 8.78 Å². The number of halogens is 2. The Kier molecular flexibility index (Phi) is 4.80. The fourth-order valence-electron chi connectivity index (χ4n) is 0.692. The number of alkyl halides is 2. The van der Waals surface area contributed by atoms with Gasteiger partial charge in [0.05, 0.1) is 0 Å². The van der Waals surface area contributed by atoms with Gasteiger partial charge < -0.3 is 5.11 Å². The Labute approximate surface area is 57.9 Å². The lowest BCUT2D eigenvalue weighted by Crippen LogP contribution is -2.18. The largest absolute Gasteiger partial charge is 0.483 e. The highest BCUT2D eigenvalue weighted by molar-refractivity contribution is 5.32.